The van der Waals surface area contributed by atoms with Gasteiger partial charge in [-0.1, -0.05) is 15.9 Å². The van der Waals surface area contributed by atoms with Gasteiger partial charge in [0.15, 0.2) is 0 Å². The molecule has 1 unspecified atom stereocenters. The number of aliphatic hydroxyl groups excluding tert-OH is 1. The Hall–Kier alpha value is -0.580. The standard InChI is InChI=1S/C14H20BrNO2/c1-18-13-4-3-12(15)7-11(13)8-14(10-17)5-2-6-16-9-14/h3-4,7,16-17H,2,5-6,8-10H2,1H3. The lowest BCUT2D eigenvalue weighted by molar-refractivity contribution is 0.0941. The summed E-state index contributed by atoms with van der Waals surface area (Å²) in [6, 6.07) is 6.04. The van der Waals surface area contributed by atoms with Gasteiger partial charge in [0.25, 0.3) is 0 Å². The quantitative estimate of drug-likeness (QED) is 0.896. The summed E-state index contributed by atoms with van der Waals surface area (Å²) in [6.07, 6.45) is 3.03. The summed E-state index contributed by atoms with van der Waals surface area (Å²) < 4.78 is 6.46. The molecule has 0 bridgehead atoms. The van der Waals surface area contributed by atoms with Crippen molar-refractivity contribution >= 4 is 15.9 Å². The highest BCUT2D eigenvalue weighted by atomic mass is 79.9. The van der Waals surface area contributed by atoms with E-state index in [1.807, 2.05) is 12.1 Å². The summed E-state index contributed by atoms with van der Waals surface area (Å²) in [6.45, 7) is 2.15. The number of methoxy groups -OCH3 is 1. The molecule has 0 aromatic heterocycles. The van der Waals surface area contributed by atoms with Crippen LogP contribution in [0.25, 0.3) is 0 Å². The lowest BCUT2D eigenvalue weighted by Gasteiger charge is -2.36. The maximum Gasteiger partial charge on any atom is 0.122 e. The second-order valence-electron chi connectivity index (χ2n) is 5.07. The summed E-state index contributed by atoms with van der Waals surface area (Å²) in [7, 11) is 1.69. The third-order valence-electron chi connectivity index (χ3n) is 3.70. The van der Waals surface area contributed by atoms with Gasteiger partial charge in [0.2, 0.25) is 0 Å². The predicted molar refractivity (Wildman–Crippen MR) is 76.0 cm³/mol. The van der Waals surface area contributed by atoms with Gasteiger partial charge in [-0.05, 0) is 49.6 Å². The number of nitrogens with one attached hydrogen (secondary N) is 1. The zero-order chi connectivity index (χ0) is 13.0. The monoisotopic (exact) mass is 313 g/mol. The molecule has 18 heavy (non-hydrogen) atoms. The Bertz CT molecular complexity index is 403. The van der Waals surface area contributed by atoms with E-state index in [0.29, 0.717) is 0 Å². The van der Waals surface area contributed by atoms with Gasteiger partial charge in [-0.25, -0.2) is 0 Å². The minimum atomic E-state index is -0.0493. The number of halogens is 1. The lowest BCUT2D eigenvalue weighted by atomic mass is 9.76. The van der Waals surface area contributed by atoms with Gasteiger partial charge < -0.3 is 15.2 Å². The van der Waals surface area contributed by atoms with Crippen LogP contribution in [0.15, 0.2) is 22.7 Å². The normalized spacial score (nSPS) is 23.9. The third kappa shape index (κ3) is 3.05. The average Bonchev–Trinajstić information content (AvgIpc) is 2.40. The van der Waals surface area contributed by atoms with Crippen molar-refractivity contribution in [1.29, 1.82) is 0 Å². The van der Waals surface area contributed by atoms with Crippen molar-refractivity contribution < 1.29 is 9.84 Å². The molecule has 0 radical (unpaired) electrons. The fourth-order valence-electron chi connectivity index (χ4n) is 2.66. The first kappa shape index (κ1) is 13.8. The van der Waals surface area contributed by atoms with Crippen LogP contribution in [-0.2, 0) is 6.42 Å². The van der Waals surface area contributed by atoms with Gasteiger partial charge in [-0.3, -0.25) is 0 Å². The van der Waals surface area contributed by atoms with Gasteiger partial charge in [0.05, 0.1) is 13.7 Å². The maximum absolute atomic E-state index is 9.74. The molecule has 0 spiro atoms. The van der Waals surface area contributed by atoms with Gasteiger partial charge in [-0.2, -0.15) is 0 Å². The van der Waals surface area contributed by atoms with Crippen molar-refractivity contribution in [3.63, 3.8) is 0 Å². The molecular formula is C14H20BrNO2. The first-order valence-corrected chi connectivity index (χ1v) is 7.12. The Morgan fingerprint density at radius 2 is 2.33 bits per heavy atom. The number of ether oxygens (including phenoxy) is 1. The molecule has 4 heteroatoms. The van der Waals surface area contributed by atoms with E-state index in [2.05, 4.69) is 27.3 Å². The second kappa shape index (κ2) is 6.04. The molecule has 0 aliphatic carbocycles. The number of hydrogen-bond acceptors (Lipinski definition) is 3. The molecule has 1 atom stereocenters. The summed E-state index contributed by atoms with van der Waals surface area (Å²) in [5, 5.41) is 13.1. The summed E-state index contributed by atoms with van der Waals surface area (Å²) in [5.74, 6) is 0.900. The van der Waals surface area contributed by atoms with E-state index in [1.54, 1.807) is 7.11 Å². The Labute approximate surface area is 117 Å². The average molecular weight is 314 g/mol. The smallest absolute Gasteiger partial charge is 0.122 e. The fraction of sp³-hybridized carbons (Fsp3) is 0.571. The van der Waals surface area contributed by atoms with Gasteiger partial charge in [0, 0.05) is 16.4 Å². The van der Waals surface area contributed by atoms with E-state index in [9.17, 15) is 5.11 Å². The fourth-order valence-corrected chi connectivity index (χ4v) is 3.07. The molecule has 1 saturated heterocycles. The van der Waals surface area contributed by atoms with Crippen molar-refractivity contribution in [2.24, 2.45) is 5.41 Å². The van der Waals surface area contributed by atoms with E-state index in [1.165, 1.54) is 0 Å². The molecule has 1 heterocycles. The van der Waals surface area contributed by atoms with Crippen LogP contribution in [0.1, 0.15) is 18.4 Å². The molecule has 100 valence electrons. The van der Waals surface area contributed by atoms with Crippen LogP contribution in [0.5, 0.6) is 5.75 Å². The van der Waals surface area contributed by atoms with Gasteiger partial charge in [-0.15, -0.1) is 0 Å². The van der Waals surface area contributed by atoms with Crippen molar-refractivity contribution in [2.45, 2.75) is 19.3 Å². The molecular weight excluding hydrogens is 294 g/mol. The Balaban J connectivity index is 2.23. The second-order valence-corrected chi connectivity index (χ2v) is 5.99. The van der Waals surface area contributed by atoms with E-state index >= 15 is 0 Å². The van der Waals surface area contributed by atoms with Crippen molar-refractivity contribution in [3.05, 3.63) is 28.2 Å². The van der Waals surface area contributed by atoms with Crippen molar-refractivity contribution in [1.82, 2.24) is 5.32 Å². The van der Waals surface area contributed by atoms with Crippen LogP contribution in [0.3, 0.4) is 0 Å². The molecule has 1 aromatic rings. The van der Waals surface area contributed by atoms with Crippen LogP contribution in [0.4, 0.5) is 0 Å². The Morgan fingerprint density at radius 3 is 2.94 bits per heavy atom. The highest BCUT2D eigenvalue weighted by Gasteiger charge is 2.32. The molecule has 1 fully saturated rings. The van der Waals surface area contributed by atoms with Gasteiger partial charge >= 0.3 is 0 Å². The third-order valence-corrected chi connectivity index (χ3v) is 4.20. The highest BCUT2D eigenvalue weighted by Crippen LogP contribution is 2.34. The van der Waals surface area contributed by atoms with E-state index in [4.69, 9.17) is 4.74 Å². The molecule has 0 amide bonds. The minimum absolute atomic E-state index is 0.0493. The predicted octanol–water partition coefficient (Wildman–Crippen LogP) is 2.36. The molecule has 1 aromatic carbocycles. The van der Waals surface area contributed by atoms with Crippen LogP contribution >= 0.6 is 15.9 Å². The van der Waals surface area contributed by atoms with Crippen LogP contribution < -0.4 is 10.1 Å². The van der Waals surface area contributed by atoms with Gasteiger partial charge in [0.1, 0.15) is 5.75 Å². The van der Waals surface area contributed by atoms with Crippen LogP contribution in [-0.4, -0.2) is 31.9 Å². The largest absolute Gasteiger partial charge is 0.496 e. The molecule has 1 aliphatic rings. The summed E-state index contributed by atoms with van der Waals surface area (Å²) in [5.41, 5.74) is 1.11. The first-order chi connectivity index (χ1) is 8.69. The van der Waals surface area contributed by atoms with E-state index in [0.717, 1.165) is 48.1 Å². The number of piperidine rings is 1. The zero-order valence-electron chi connectivity index (χ0n) is 10.7. The Kier molecular flexibility index (Phi) is 4.65. The zero-order valence-corrected chi connectivity index (χ0v) is 12.3. The number of benzene rings is 1. The lowest BCUT2D eigenvalue weighted by Crippen LogP contribution is -2.44. The number of hydrogen-bond donors (Lipinski definition) is 2. The highest BCUT2D eigenvalue weighted by molar-refractivity contribution is 9.10. The summed E-state index contributed by atoms with van der Waals surface area (Å²) >= 11 is 3.50. The van der Waals surface area contributed by atoms with Crippen LogP contribution in [0, 0.1) is 5.41 Å². The topological polar surface area (TPSA) is 41.5 Å². The van der Waals surface area contributed by atoms with Crippen LogP contribution in [0.2, 0.25) is 0 Å². The molecule has 2 rings (SSSR count). The van der Waals surface area contributed by atoms with E-state index in [-0.39, 0.29) is 12.0 Å². The van der Waals surface area contributed by atoms with Crippen molar-refractivity contribution in [2.75, 3.05) is 26.8 Å². The molecule has 3 nitrogen and oxygen atoms in total. The van der Waals surface area contributed by atoms with Crippen molar-refractivity contribution in [3.8, 4) is 5.75 Å². The molecule has 0 saturated carbocycles. The minimum Gasteiger partial charge on any atom is -0.496 e. The molecule has 2 N–H and O–H groups in total. The maximum atomic E-state index is 9.74. The SMILES string of the molecule is COc1ccc(Br)cc1CC1(CO)CCCNC1. The number of rotatable bonds is 4. The first-order valence-electron chi connectivity index (χ1n) is 6.33. The number of aliphatic hydroxyl groups is 1. The van der Waals surface area contributed by atoms with E-state index < -0.39 is 0 Å². The Morgan fingerprint density at radius 1 is 1.50 bits per heavy atom. The summed E-state index contributed by atoms with van der Waals surface area (Å²) in [4.78, 5) is 0. The molecule has 1 aliphatic heterocycles.